The average molecular weight is 339 g/mol. The lowest BCUT2D eigenvalue weighted by Crippen LogP contribution is -2.05. The van der Waals surface area contributed by atoms with E-state index in [4.69, 9.17) is 0 Å². The Kier molecular flexibility index (Phi) is 5.15. The molecule has 0 unspecified atom stereocenters. The first kappa shape index (κ1) is 14.3. The van der Waals surface area contributed by atoms with E-state index >= 15 is 0 Å². The van der Waals surface area contributed by atoms with E-state index in [-0.39, 0.29) is 0 Å². The zero-order chi connectivity index (χ0) is 13.7. The molecule has 0 aliphatic heterocycles. The minimum Gasteiger partial charge on any atom is -0.370 e. The van der Waals surface area contributed by atoms with Gasteiger partial charge in [0.25, 0.3) is 0 Å². The van der Waals surface area contributed by atoms with Gasteiger partial charge in [-0.25, -0.2) is 15.0 Å². The van der Waals surface area contributed by atoms with Gasteiger partial charge in [0.2, 0.25) is 0 Å². The average Bonchev–Trinajstić information content (AvgIpc) is 2.42. The third-order valence-electron chi connectivity index (χ3n) is 2.52. The molecule has 0 aliphatic carbocycles. The van der Waals surface area contributed by atoms with Gasteiger partial charge in [-0.2, -0.15) is 0 Å². The first-order chi connectivity index (χ1) is 9.26. The molecule has 2 aromatic heterocycles. The molecular weight excluding hydrogens is 324 g/mol. The van der Waals surface area contributed by atoms with Crippen LogP contribution in [0.3, 0.4) is 0 Å². The van der Waals surface area contributed by atoms with E-state index in [1.165, 1.54) is 0 Å². The number of anilines is 1. The number of pyridine rings is 1. The molecule has 4 nitrogen and oxygen atoms in total. The van der Waals surface area contributed by atoms with Crippen LogP contribution in [0.4, 0.5) is 5.82 Å². The summed E-state index contributed by atoms with van der Waals surface area (Å²) in [4.78, 5) is 13.0. The van der Waals surface area contributed by atoms with Crippen LogP contribution in [0.1, 0.15) is 19.4 Å². The van der Waals surface area contributed by atoms with Crippen LogP contribution in [-0.2, 0) is 6.42 Å². The molecule has 2 heterocycles. The summed E-state index contributed by atoms with van der Waals surface area (Å²) in [5, 5.41) is 5.14. The van der Waals surface area contributed by atoms with Crippen LogP contribution in [0.15, 0.2) is 39.2 Å². The number of halogens is 1. The van der Waals surface area contributed by atoms with E-state index in [1.807, 2.05) is 12.1 Å². The van der Waals surface area contributed by atoms with Crippen molar-refractivity contribution in [1.29, 1.82) is 0 Å². The van der Waals surface area contributed by atoms with Gasteiger partial charge in [-0.15, -0.1) is 0 Å². The van der Waals surface area contributed by atoms with Crippen molar-refractivity contribution in [2.45, 2.75) is 30.3 Å². The maximum atomic E-state index is 4.38. The molecule has 0 saturated heterocycles. The number of aromatic nitrogens is 3. The van der Waals surface area contributed by atoms with E-state index in [9.17, 15) is 0 Å². The Hall–Kier alpha value is -1.14. The highest BCUT2D eigenvalue weighted by Gasteiger charge is 2.12. The number of nitrogens with zero attached hydrogens (tertiary/aromatic N) is 3. The van der Waals surface area contributed by atoms with Gasteiger partial charge >= 0.3 is 0 Å². The number of nitrogens with one attached hydrogen (secondary N) is 1. The van der Waals surface area contributed by atoms with Crippen LogP contribution >= 0.6 is 27.7 Å². The number of hydrogen-bond acceptors (Lipinski definition) is 5. The van der Waals surface area contributed by atoms with Gasteiger partial charge in [-0.3, -0.25) is 0 Å². The van der Waals surface area contributed by atoms with Crippen LogP contribution in [0, 0.1) is 0 Å². The highest BCUT2D eigenvalue weighted by Crippen LogP contribution is 2.34. The molecule has 6 heteroatoms. The zero-order valence-corrected chi connectivity index (χ0v) is 13.3. The van der Waals surface area contributed by atoms with Gasteiger partial charge in [0.15, 0.2) is 0 Å². The first-order valence-electron chi connectivity index (χ1n) is 6.12. The van der Waals surface area contributed by atoms with Crippen molar-refractivity contribution < 1.29 is 0 Å². The summed E-state index contributed by atoms with van der Waals surface area (Å²) in [5.41, 5.74) is 1.13. The van der Waals surface area contributed by atoms with E-state index in [2.05, 4.69) is 50.0 Å². The first-order valence-corrected chi connectivity index (χ1v) is 7.73. The van der Waals surface area contributed by atoms with Gasteiger partial charge in [0, 0.05) is 18.3 Å². The maximum absolute atomic E-state index is 4.38. The number of hydrogen-bond donors (Lipinski definition) is 1. The van der Waals surface area contributed by atoms with Crippen LogP contribution < -0.4 is 5.32 Å². The monoisotopic (exact) mass is 338 g/mol. The summed E-state index contributed by atoms with van der Waals surface area (Å²) < 4.78 is 0.977. The minimum atomic E-state index is 0.849. The largest absolute Gasteiger partial charge is 0.370 e. The van der Waals surface area contributed by atoms with Crippen LogP contribution in [0.2, 0.25) is 0 Å². The van der Waals surface area contributed by atoms with Gasteiger partial charge in [-0.1, -0.05) is 6.92 Å². The molecule has 0 amide bonds. The molecule has 0 fully saturated rings. The molecule has 0 radical (unpaired) electrons. The minimum absolute atomic E-state index is 0.849. The van der Waals surface area contributed by atoms with Crippen molar-refractivity contribution >= 4 is 33.5 Å². The molecule has 0 saturated carbocycles. The second-order valence-corrected chi connectivity index (χ2v) is 5.61. The third-order valence-corrected chi connectivity index (χ3v) is 4.49. The zero-order valence-electron chi connectivity index (χ0n) is 10.9. The van der Waals surface area contributed by atoms with Crippen molar-refractivity contribution in [3.63, 3.8) is 0 Å². The Balaban J connectivity index is 2.35. The molecule has 1 N–H and O–H groups in total. The van der Waals surface area contributed by atoms with Crippen LogP contribution in [0.5, 0.6) is 0 Å². The lowest BCUT2D eigenvalue weighted by molar-refractivity contribution is 0.934. The van der Waals surface area contributed by atoms with Crippen molar-refractivity contribution in [1.82, 2.24) is 15.0 Å². The summed E-state index contributed by atoms with van der Waals surface area (Å²) in [5.74, 6) is 0.912. The Morgan fingerprint density at radius 1 is 1.21 bits per heavy atom. The summed E-state index contributed by atoms with van der Waals surface area (Å²) in [7, 11) is 0. The van der Waals surface area contributed by atoms with Gasteiger partial charge in [0.05, 0.1) is 4.47 Å². The lowest BCUT2D eigenvalue weighted by atomic mass is 10.2. The highest BCUT2D eigenvalue weighted by molar-refractivity contribution is 9.10. The summed E-state index contributed by atoms with van der Waals surface area (Å²) in [6.07, 6.45) is 4.26. The van der Waals surface area contributed by atoms with Crippen molar-refractivity contribution in [2.75, 3.05) is 11.9 Å². The van der Waals surface area contributed by atoms with Crippen molar-refractivity contribution in [3.8, 4) is 0 Å². The maximum Gasteiger partial charge on any atom is 0.133 e. The summed E-state index contributed by atoms with van der Waals surface area (Å²) in [6, 6.07) is 3.88. The fraction of sp³-hybridized carbons (Fsp3) is 0.308. The molecule has 19 heavy (non-hydrogen) atoms. The molecule has 2 rings (SSSR count). The molecule has 100 valence electrons. The Morgan fingerprint density at radius 3 is 2.74 bits per heavy atom. The molecule has 0 bridgehead atoms. The normalized spacial score (nSPS) is 10.5. The van der Waals surface area contributed by atoms with E-state index < -0.39 is 0 Å². The predicted octanol–water partition coefficient (Wildman–Crippen LogP) is 3.78. The van der Waals surface area contributed by atoms with Gasteiger partial charge < -0.3 is 5.32 Å². The Labute approximate surface area is 125 Å². The molecule has 0 aromatic carbocycles. The standard InChI is InChI=1S/C13H15BrN4S/c1-3-9-11(15-4-2)17-8-18-12(9)19-13-10(14)6-5-7-16-13/h5-8H,3-4H2,1-2H3,(H,15,17,18). The molecule has 0 spiro atoms. The topological polar surface area (TPSA) is 50.7 Å². The summed E-state index contributed by atoms with van der Waals surface area (Å²) in [6.45, 7) is 5.02. The quantitative estimate of drug-likeness (QED) is 0.840. The molecule has 2 aromatic rings. The second kappa shape index (κ2) is 6.86. The Bertz CT molecular complexity index is 562. The van der Waals surface area contributed by atoms with Crippen LogP contribution in [0.25, 0.3) is 0 Å². The Morgan fingerprint density at radius 2 is 2.05 bits per heavy atom. The predicted molar refractivity (Wildman–Crippen MR) is 81.6 cm³/mol. The second-order valence-electron chi connectivity index (χ2n) is 3.78. The van der Waals surface area contributed by atoms with Gasteiger partial charge in [-0.05, 0) is 53.2 Å². The van der Waals surface area contributed by atoms with Gasteiger partial charge in [0.1, 0.15) is 22.2 Å². The number of rotatable bonds is 5. The fourth-order valence-corrected chi connectivity index (χ4v) is 3.08. The SMILES string of the molecule is CCNc1ncnc(Sc2ncccc2Br)c1CC. The highest BCUT2D eigenvalue weighted by atomic mass is 79.9. The van der Waals surface area contributed by atoms with Crippen molar-refractivity contribution in [3.05, 3.63) is 34.7 Å². The molecule has 0 aliphatic rings. The smallest absolute Gasteiger partial charge is 0.133 e. The van der Waals surface area contributed by atoms with Crippen molar-refractivity contribution in [2.24, 2.45) is 0 Å². The molecule has 0 atom stereocenters. The van der Waals surface area contributed by atoms with Crippen LogP contribution in [-0.4, -0.2) is 21.5 Å². The fourth-order valence-electron chi connectivity index (χ4n) is 1.66. The molecular formula is C13H15BrN4S. The lowest BCUT2D eigenvalue weighted by Gasteiger charge is -2.11. The van der Waals surface area contributed by atoms with E-state index in [0.717, 1.165) is 38.9 Å². The third kappa shape index (κ3) is 3.45. The summed E-state index contributed by atoms with van der Waals surface area (Å²) >= 11 is 5.06. The van der Waals surface area contributed by atoms with E-state index in [1.54, 1.807) is 24.3 Å². The van der Waals surface area contributed by atoms with E-state index in [0.29, 0.717) is 0 Å².